The van der Waals surface area contributed by atoms with Crippen LogP contribution < -0.4 is 10.5 Å². The van der Waals surface area contributed by atoms with E-state index in [9.17, 15) is 8.78 Å². The molecule has 21 heavy (non-hydrogen) atoms. The lowest BCUT2D eigenvalue weighted by Crippen LogP contribution is -1.99. The molecule has 108 valence electrons. The highest BCUT2D eigenvalue weighted by Crippen LogP contribution is 2.21. The van der Waals surface area contributed by atoms with Crippen LogP contribution in [0.5, 0.6) is 5.75 Å². The van der Waals surface area contributed by atoms with E-state index in [1.54, 1.807) is 6.07 Å². The molecule has 0 aliphatic heterocycles. The zero-order valence-electron chi connectivity index (χ0n) is 11.0. The average molecular weight is 308 g/mol. The molecule has 2 rings (SSSR count). The van der Waals surface area contributed by atoms with Gasteiger partial charge >= 0.3 is 0 Å². The summed E-state index contributed by atoms with van der Waals surface area (Å²) in [6.07, 6.45) is 0. The molecule has 0 fully saturated rings. The van der Waals surface area contributed by atoms with Crippen LogP contribution in [0.25, 0.3) is 0 Å². The predicted octanol–water partition coefficient (Wildman–Crippen LogP) is 3.51. The van der Waals surface area contributed by atoms with Crippen LogP contribution in [-0.4, -0.2) is 6.54 Å². The highest BCUT2D eigenvalue weighted by atomic mass is 35.5. The molecule has 0 radical (unpaired) electrons. The standard InChI is InChI=1S/C16H12ClF2NO/c17-14-5-3-11(8-15(14)19)10-21-16-6-4-13(18)9-12(16)2-1-7-20/h3-6,8-9H,7,10,20H2. The van der Waals surface area contributed by atoms with Gasteiger partial charge in [0.05, 0.1) is 17.1 Å². The Labute approximate surface area is 126 Å². The Kier molecular flexibility index (Phi) is 5.15. The molecule has 0 aliphatic rings. The van der Waals surface area contributed by atoms with Crippen LogP contribution in [-0.2, 0) is 6.61 Å². The maximum atomic E-state index is 13.3. The second-order valence-corrected chi connectivity index (χ2v) is 4.59. The van der Waals surface area contributed by atoms with Crippen molar-refractivity contribution in [2.75, 3.05) is 6.54 Å². The molecule has 2 aromatic carbocycles. The second-order valence-electron chi connectivity index (χ2n) is 4.18. The van der Waals surface area contributed by atoms with E-state index in [-0.39, 0.29) is 18.2 Å². The fourth-order valence-electron chi connectivity index (χ4n) is 1.66. The van der Waals surface area contributed by atoms with Gasteiger partial charge in [-0.25, -0.2) is 8.78 Å². The Bertz CT molecular complexity index is 707. The minimum Gasteiger partial charge on any atom is -0.488 e. The van der Waals surface area contributed by atoms with E-state index in [1.807, 2.05) is 0 Å². The molecule has 0 spiro atoms. The number of ether oxygens (including phenoxy) is 1. The Balaban J connectivity index is 2.17. The van der Waals surface area contributed by atoms with Crippen molar-refractivity contribution in [2.24, 2.45) is 5.73 Å². The number of hydrogen-bond acceptors (Lipinski definition) is 2. The van der Waals surface area contributed by atoms with Gasteiger partial charge in [-0.1, -0.05) is 29.5 Å². The zero-order valence-corrected chi connectivity index (χ0v) is 11.8. The van der Waals surface area contributed by atoms with Crippen LogP contribution in [0, 0.1) is 23.5 Å². The Hall–Kier alpha value is -2.09. The van der Waals surface area contributed by atoms with Gasteiger partial charge in [0.1, 0.15) is 24.0 Å². The average Bonchev–Trinajstić information content (AvgIpc) is 2.47. The summed E-state index contributed by atoms with van der Waals surface area (Å²) in [6.45, 7) is 0.287. The highest BCUT2D eigenvalue weighted by Gasteiger charge is 2.06. The molecule has 0 amide bonds. The van der Waals surface area contributed by atoms with Crippen LogP contribution in [0.15, 0.2) is 36.4 Å². The van der Waals surface area contributed by atoms with E-state index < -0.39 is 11.6 Å². The Morgan fingerprint density at radius 1 is 1.14 bits per heavy atom. The summed E-state index contributed by atoms with van der Waals surface area (Å²) in [5.41, 5.74) is 6.31. The van der Waals surface area contributed by atoms with Crippen molar-refractivity contribution in [3.8, 4) is 17.6 Å². The first kappa shape index (κ1) is 15.3. The second kappa shape index (κ2) is 7.07. The quantitative estimate of drug-likeness (QED) is 0.881. The molecular weight excluding hydrogens is 296 g/mol. The predicted molar refractivity (Wildman–Crippen MR) is 78.1 cm³/mol. The normalized spacial score (nSPS) is 9.90. The van der Waals surface area contributed by atoms with Gasteiger partial charge in [0.25, 0.3) is 0 Å². The van der Waals surface area contributed by atoms with Crippen LogP contribution in [0.3, 0.4) is 0 Å². The Morgan fingerprint density at radius 3 is 2.67 bits per heavy atom. The smallest absolute Gasteiger partial charge is 0.142 e. The number of rotatable bonds is 3. The largest absolute Gasteiger partial charge is 0.488 e. The van der Waals surface area contributed by atoms with Gasteiger partial charge in [0.15, 0.2) is 0 Å². The molecule has 2 N–H and O–H groups in total. The summed E-state index contributed by atoms with van der Waals surface area (Å²) in [5.74, 6) is 4.86. The molecule has 0 heterocycles. The van der Waals surface area contributed by atoms with Gasteiger partial charge < -0.3 is 10.5 Å². The number of hydrogen-bond donors (Lipinski definition) is 1. The molecular formula is C16H12ClF2NO. The lowest BCUT2D eigenvalue weighted by atomic mass is 10.2. The van der Waals surface area contributed by atoms with Crippen molar-refractivity contribution in [1.29, 1.82) is 0 Å². The maximum absolute atomic E-state index is 13.3. The van der Waals surface area contributed by atoms with Crippen LogP contribution >= 0.6 is 11.6 Å². The van der Waals surface area contributed by atoms with E-state index in [0.717, 1.165) is 0 Å². The van der Waals surface area contributed by atoms with Crippen LogP contribution in [0.2, 0.25) is 5.02 Å². The third kappa shape index (κ3) is 4.19. The zero-order chi connectivity index (χ0) is 15.2. The topological polar surface area (TPSA) is 35.2 Å². The van der Waals surface area contributed by atoms with E-state index in [2.05, 4.69) is 11.8 Å². The first-order valence-corrected chi connectivity index (χ1v) is 6.53. The molecule has 0 aliphatic carbocycles. The fraction of sp³-hybridized carbons (Fsp3) is 0.125. The minimum atomic E-state index is -0.514. The van der Waals surface area contributed by atoms with Crippen molar-refractivity contribution < 1.29 is 13.5 Å². The third-order valence-corrected chi connectivity index (χ3v) is 2.95. The van der Waals surface area contributed by atoms with Crippen molar-refractivity contribution in [3.05, 3.63) is 64.2 Å². The van der Waals surface area contributed by atoms with Crippen molar-refractivity contribution in [2.45, 2.75) is 6.61 Å². The van der Waals surface area contributed by atoms with Crippen molar-refractivity contribution in [1.82, 2.24) is 0 Å². The molecule has 0 bridgehead atoms. The fourth-order valence-corrected chi connectivity index (χ4v) is 1.78. The number of benzene rings is 2. The van der Waals surface area contributed by atoms with Gasteiger partial charge in [-0.05, 0) is 35.9 Å². The molecule has 0 atom stereocenters. The maximum Gasteiger partial charge on any atom is 0.142 e. The van der Waals surface area contributed by atoms with Gasteiger partial charge in [-0.2, -0.15) is 0 Å². The lowest BCUT2D eigenvalue weighted by molar-refractivity contribution is 0.304. The highest BCUT2D eigenvalue weighted by molar-refractivity contribution is 6.30. The van der Waals surface area contributed by atoms with E-state index in [1.165, 1.54) is 30.3 Å². The summed E-state index contributed by atoms with van der Waals surface area (Å²) in [5, 5.41) is 0.0510. The van der Waals surface area contributed by atoms with Crippen LogP contribution in [0.4, 0.5) is 8.78 Å². The van der Waals surface area contributed by atoms with E-state index in [4.69, 9.17) is 22.1 Å². The Morgan fingerprint density at radius 2 is 1.95 bits per heavy atom. The molecule has 2 aromatic rings. The molecule has 0 unspecified atom stereocenters. The number of nitrogens with two attached hydrogens (primary N) is 1. The van der Waals surface area contributed by atoms with Gasteiger partial charge in [0, 0.05) is 0 Å². The summed E-state index contributed by atoms with van der Waals surface area (Å²) in [4.78, 5) is 0. The van der Waals surface area contributed by atoms with E-state index >= 15 is 0 Å². The first-order valence-electron chi connectivity index (χ1n) is 6.15. The van der Waals surface area contributed by atoms with E-state index in [0.29, 0.717) is 16.9 Å². The monoisotopic (exact) mass is 307 g/mol. The molecule has 0 saturated carbocycles. The van der Waals surface area contributed by atoms with Crippen molar-refractivity contribution >= 4 is 11.6 Å². The summed E-state index contributed by atoms with van der Waals surface area (Å²) >= 11 is 5.61. The number of halogens is 3. The third-order valence-electron chi connectivity index (χ3n) is 2.65. The lowest BCUT2D eigenvalue weighted by Gasteiger charge is -2.09. The summed E-state index contributed by atoms with van der Waals surface area (Å²) in [7, 11) is 0. The minimum absolute atomic E-state index is 0.0510. The van der Waals surface area contributed by atoms with Crippen molar-refractivity contribution in [3.63, 3.8) is 0 Å². The van der Waals surface area contributed by atoms with Gasteiger partial charge in [-0.3, -0.25) is 0 Å². The molecule has 0 saturated heterocycles. The summed E-state index contributed by atoms with van der Waals surface area (Å²) in [6, 6.07) is 8.40. The van der Waals surface area contributed by atoms with Crippen LogP contribution in [0.1, 0.15) is 11.1 Å². The molecule has 0 aromatic heterocycles. The van der Waals surface area contributed by atoms with Gasteiger partial charge in [-0.15, -0.1) is 0 Å². The molecule has 2 nitrogen and oxygen atoms in total. The SMILES string of the molecule is NCC#Cc1cc(F)ccc1OCc1ccc(Cl)c(F)c1. The first-order chi connectivity index (χ1) is 10.1. The molecule has 5 heteroatoms. The van der Waals surface area contributed by atoms with Gasteiger partial charge in [0.2, 0.25) is 0 Å². The summed E-state index contributed by atoms with van der Waals surface area (Å²) < 4.78 is 32.1.